The molecule has 4 nitrogen and oxygen atoms in total. The Morgan fingerprint density at radius 1 is 1.50 bits per heavy atom. The number of carbonyl (C=O) groups excluding carboxylic acids is 1. The third kappa shape index (κ3) is 3.22. The zero-order valence-electron chi connectivity index (χ0n) is 11.3. The molecule has 0 spiro atoms. The van der Waals surface area contributed by atoms with E-state index >= 15 is 0 Å². The van der Waals surface area contributed by atoms with Crippen LogP contribution in [0.25, 0.3) is 0 Å². The molecule has 2 aromatic rings. The Hall–Kier alpha value is -1.33. The molecule has 1 aromatic carbocycles. The summed E-state index contributed by atoms with van der Waals surface area (Å²) in [5, 5.41) is 7.64. The van der Waals surface area contributed by atoms with Gasteiger partial charge in [0.25, 0.3) is 5.91 Å². The van der Waals surface area contributed by atoms with Crippen molar-refractivity contribution >= 4 is 33.4 Å². The van der Waals surface area contributed by atoms with Gasteiger partial charge in [-0.3, -0.25) is 9.48 Å². The molecular weight excluding hydrogens is 342 g/mol. The lowest BCUT2D eigenvalue weighted by atomic mass is 10.2. The van der Waals surface area contributed by atoms with E-state index < -0.39 is 0 Å². The van der Waals surface area contributed by atoms with Crippen molar-refractivity contribution in [2.45, 2.75) is 19.9 Å². The van der Waals surface area contributed by atoms with Gasteiger partial charge in [-0.05, 0) is 34.5 Å². The van der Waals surface area contributed by atoms with E-state index in [0.29, 0.717) is 21.6 Å². The van der Waals surface area contributed by atoms with Gasteiger partial charge in [0.15, 0.2) is 0 Å². The van der Waals surface area contributed by atoms with Gasteiger partial charge in [-0.25, -0.2) is 0 Å². The Kier molecular flexibility index (Phi) is 4.83. The Morgan fingerprint density at radius 3 is 2.95 bits per heavy atom. The fraction of sp³-hybridized carbons (Fsp3) is 0.286. The van der Waals surface area contributed by atoms with Gasteiger partial charge in [-0.1, -0.05) is 24.6 Å². The first-order valence-electron chi connectivity index (χ1n) is 6.26. The van der Waals surface area contributed by atoms with Crippen LogP contribution in [0.5, 0.6) is 0 Å². The van der Waals surface area contributed by atoms with E-state index in [9.17, 15) is 4.79 Å². The molecule has 0 fully saturated rings. The quantitative estimate of drug-likeness (QED) is 0.913. The maximum Gasteiger partial charge on any atom is 0.253 e. The van der Waals surface area contributed by atoms with Gasteiger partial charge in [-0.15, -0.1) is 0 Å². The molecule has 0 saturated heterocycles. The van der Waals surface area contributed by atoms with Crippen molar-refractivity contribution in [2.24, 2.45) is 7.05 Å². The van der Waals surface area contributed by atoms with Crippen molar-refractivity contribution in [2.75, 3.05) is 0 Å². The molecule has 0 aliphatic heterocycles. The van der Waals surface area contributed by atoms with Gasteiger partial charge < -0.3 is 5.32 Å². The summed E-state index contributed by atoms with van der Waals surface area (Å²) in [6.45, 7) is 2.48. The molecule has 0 aliphatic carbocycles. The molecular formula is C14H15BrClN3O. The lowest BCUT2D eigenvalue weighted by Crippen LogP contribution is -2.23. The maximum atomic E-state index is 12.2. The molecule has 1 amide bonds. The minimum Gasteiger partial charge on any atom is -0.348 e. The molecule has 106 valence electrons. The predicted octanol–water partition coefficient (Wildman–Crippen LogP) is 3.33. The van der Waals surface area contributed by atoms with Gasteiger partial charge in [0.2, 0.25) is 0 Å². The van der Waals surface area contributed by atoms with E-state index in [4.69, 9.17) is 11.6 Å². The van der Waals surface area contributed by atoms with E-state index in [2.05, 4.69) is 26.3 Å². The third-order valence-corrected chi connectivity index (χ3v) is 4.26. The number of carbonyl (C=O) groups is 1. The van der Waals surface area contributed by atoms with Crippen LogP contribution in [0.15, 0.2) is 28.9 Å². The van der Waals surface area contributed by atoms with E-state index in [0.717, 1.165) is 17.7 Å². The van der Waals surface area contributed by atoms with Crippen molar-refractivity contribution < 1.29 is 4.79 Å². The van der Waals surface area contributed by atoms with E-state index in [1.165, 1.54) is 0 Å². The first kappa shape index (κ1) is 15.1. The van der Waals surface area contributed by atoms with Crippen LogP contribution in [0.3, 0.4) is 0 Å². The molecule has 1 aromatic heterocycles. The number of nitrogens with one attached hydrogen (secondary N) is 1. The second-order valence-corrected chi connectivity index (χ2v) is 5.64. The molecule has 1 heterocycles. The van der Waals surface area contributed by atoms with Crippen molar-refractivity contribution in [3.8, 4) is 0 Å². The van der Waals surface area contributed by atoms with Crippen molar-refractivity contribution in [1.29, 1.82) is 0 Å². The monoisotopic (exact) mass is 355 g/mol. The fourth-order valence-electron chi connectivity index (χ4n) is 1.98. The lowest BCUT2D eigenvalue weighted by Gasteiger charge is -2.07. The molecule has 0 bridgehead atoms. The highest BCUT2D eigenvalue weighted by Gasteiger charge is 2.13. The highest BCUT2D eigenvalue weighted by atomic mass is 79.9. The second-order valence-electron chi connectivity index (χ2n) is 4.41. The van der Waals surface area contributed by atoms with Crippen LogP contribution < -0.4 is 5.32 Å². The lowest BCUT2D eigenvalue weighted by molar-refractivity contribution is 0.0951. The van der Waals surface area contributed by atoms with Crippen LogP contribution in [0.2, 0.25) is 5.02 Å². The smallest absolute Gasteiger partial charge is 0.253 e. The van der Waals surface area contributed by atoms with Crippen LogP contribution in [0, 0.1) is 0 Å². The summed E-state index contributed by atoms with van der Waals surface area (Å²) in [5.74, 6) is -0.192. The SMILES string of the molecule is CCc1nn(C)cc1CNC(=O)c1cccc(Br)c1Cl. The summed E-state index contributed by atoms with van der Waals surface area (Å²) >= 11 is 9.42. The molecule has 0 unspecified atom stereocenters. The number of hydrogen-bond donors (Lipinski definition) is 1. The summed E-state index contributed by atoms with van der Waals surface area (Å²) in [4.78, 5) is 12.2. The number of aromatic nitrogens is 2. The van der Waals surface area contributed by atoms with Crippen molar-refractivity contribution in [1.82, 2.24) is 15.1 Å². The minimum atomic E-state index is -0.192. The Balaban J connectivity index is 2.10. The zero-order chi connectivity index (χ0) is 14.7. The number of aryl methyl sites for hydroxylation is 2. The molecule has 0 saturated carbocycles. The topological polar surface area (TPSA) is 46.9 Å². The van der Waals surface area contributed by atoms with Gasteiger partial charge in [0.05, 0.1) is 16.3 Å². The molecule has 6 heteroatoms. The largest absolute Gasteiger partial charge is 0.348 e. The minimum absolute atomic E-state index is 0.192. The van der Waals surface area contributed by atoms with Crippen LogP contribution in [-0.4, -0.2) is 15.7 Å². The standard InChI is InChI=1S/C14H15BrClN3O/c1-3-12-9(8-19(2)18-12)7-17-14(20)10-5-4-6-11(15)13(10)16/h4-6,8H,3,7H2,1-2H3,(H,17,20). The number of nitrogens with zero attached hydrogens (tertiary/aromatic N) is 2. The molecule has 20 heavy (non-hydrogen) atoms. The summed E-state index contributed by atoms with van der Waals surface area (Å²) < 4.78 is 2.47. The summed E-state index contributed by atoms with van der Waals surface area (Å²) in [7, 11) is 1.87. The average Bonchev–Trinajstić information content (AvgIpc) is 2.79. The molecule has 1 N–H and O–H groups in total. The van der Waals surface area contributed by atoms with Crippen LogP contribution in [-0.2, 0) is 20.0 Å². The zero-order valence-corrected chi connectivity index (χ0v) is 13.6. The fourth-order valence-corrected chi connectivity index (χ4v) is 2.56. The van der Waals surface area contributed by atoms with Crippen LogP contribution in [0.4, 0.5) is 0 Å². The molecule has 0 radical (unpaired) electrons. The highest BCUT2D eigenvalue weighted by Crippen LogP contribution is 2.25. The summed E-state index contributed by atoms with van der Waals surface area (Å²) in [6, 6.07) is 5.29. The van der Waals surface area contributed by atoms with E-state index in [1.54, 1.807) is 22.9 Å². The third-order valence-electron chi connectivity index (χ3n) is 2.96. The van der Waals surface area contributed by atoms with Crippen molar-refractivity contribution in [3.63, 3.8) is 0 Å². The Morgan fingerprint density at radius 2 is 2.25 bits per heavy atom. The van der Waals surface area contributed by atoms with Crippen molar-refractivity contribution in [3.05, 3.63) is 50.7 Å². The number of amides is 1. The maximum absolute atomic E-state index is 12.2. The predicted molar refractivity (Wildman–Crippen MR) is 82.9 cm³/mol. The van der Waals surface area contributed by atoms with Gasteiger partial charge in [-0.2, -0.15) is 5.10 Å². The summed E-state index contributed by atoms with van der Waals surface area (Å²) in [6.07, 6.45) is 2.76. The van der Waals surface area contributed by atoms with Crippen LogP contribution >= 0.6 is 27.5 Å². The normalized spacial score (nSPS) is 10.6. The molecule has 2 rings (SSSR count). The average molecular weight is 357 g/mol. The first-order chi connectivity index (χ1) is 9.52. The number of hydrogen-bond acceptors (Lipinski definition) is 2. The van der Waals surface area contributed by atoms with Gasteiger partial charge in [0.1, 0.15) is 0 Å². The molecule has 0 atom stereocenters. The number of benzene rings is 1. The van der Waals surface area contributed by atoms with E-state index in [1.807, 2.05) is 20.2 Å². The van der Waals surface area contributed by atoms with Crippen LogP contribution in [0.1, 0.15) is 28.5 Å². The number of halogens is 2. The Bertz CT molecular complexity index is 639. The van der Waals surface area contributed by atoms with E-state index in [-0.39, 0.29) is 5.91 Å². The molecule has 0 aliphatic rings. The second kappa shape index (κ2) is 6.41. The summed E-state index contributed by atoms with van der Waals surface area (Å²) in [5.41, 5.74) is 2.48. The highest BCUT2D eigenvalue weighted by molar-refractivity contribution is 9.10. The van der Waals surface area contributed by atoms with Gasteiger partial charge in [0, 0.05) is 29.8 Å². The van der Waals surface area contributed by atoms with Gasteiger partial charge >= 0.3 is 0 Å². The first-order valence-corrected chi connectivity index (χ1v) is 7.43. The number of rotatable bonds is 4. The Labute approximate surface area is 131 Å².